The van der Waals surface area contributed by atoms with Crippen molar-refractivity contribution in [3.05, 3.63) is 65.7 Å². The maximum atomic E-state index is 13.2. The second-order valence-electron chi connectivity index (χ2n) is 7.85. The molecule has 174 valence electrons. The molecule has 0 spiro atoms. The predicted molar refractivity (Wildman–Crippen MR) is 127 cm³/mol. The molecule has 3 aromatic rings. The number of rotatable bonds is 9. The molecule has 1 fully saturated rings. The fraction of sp³-hybridized carbons (Fsp3) is 0.375. The quantitative estimate of drug-likeness (QED) is 0.486. The monoisotopic (exact) mass is 469 g/mol. The summed E-state index contributed by atoms with van der Waals surface area (Å²) in [5.74, 6) is 1.35. The van der Waals surface area contributed by atoms with E-state index in [-0.39, 0.29) is 11.7 Å². The van der Waals surface area contributed by atoms with Crippen LogP contribution in [0.15, 0.2) is 53.7 Å². The summed E-state index contributed by atoms with van der Waals surface area (Å²) in [6, 6.07) is 13.6. The lowest BCUT2D eigenvalue weighted by Crippen LogP contribution is -2.37. The Labute approximate surface area is 197 Å². The Hall–Kier alpha value is -2.75. The van der Waals surface area contributed by atoms with Gasteiger partial charge in [-0.1, -0.05) is 36.0 Å². The zero-order chi connectivity index (χ0) is 23.0. The molecule has 0 unspecified atom stereocenters. The third kappa shape index (κ3) is 6.40. The molecule has 33 heavy (non-hydrogen) atoms. The molecule has 1 aliphatic heterocycles. The Morgan fingerprint density at radius 1 is 1.12 bits per heavy atom. The van der Waals surface area contributed by atoms with E-state index in [9.17, 15) is 9.18 Å². The van der Waals surface area contributed by atoms with Crippen molar-refractivity contribution >= 4 is 17.7 Å². The van der Waals surface area contributed by atoms with E-state index < -0.39 is 0 Å². The number of thioether (sulfide) groups is 1. The molecule has 0 aliphatic carbocycles. The van der Waals surface area contributed by atoms with Crippen LogP contribution in [-0.2, 0) is 18.2 Å². The average Bonchev–Trinajstić information content (AvgIpc) is 3.19. The molecule has 9 heteroatoms. The number of aromatic nitrogens is 3. The number of ether oxygens (including phenoxy) is 1. The van der Waals surface area contributed by atoms with Crippen molar-refractivity contribution in [2.45, 2.75) is 11.6 Å². The summed E-state index contributed by atoms with van der Waals surface area (Å²) in [6.45, 7) is 5.05. The SMILES string of the molecule is Cn1c(CCNC(=O)c2cccc(-c3ccc(F)cc3)c2)nnc1SCCN1CCOCC1. The predicted octanol–water partition coefficient (Wildman–Crippen LogP) is 3.02. The normalized spacial score (nSPS) is 14.4. The lowest BCUT2D eigenvalue weighted by molar-refractivity contribution is 0.0410. The van der Waals surface area contributed by atoms with Gasteiger partial charge in [0.05, 0.1) is 13.2 Å². The number of nitrogens with zero attached hydrogens (tertiary/aromatic N) is 4. The molecule has 2 heterocycles. The Morgan fingerprint density at radius 2 is 1.91 bits per heavy atom. The number of halogens is 1. The maximum absolute atomic E-state index is 13.2. The number of benzene rings is 2. The molecule has 2 aromatic carbocycles. The molecule has 7 nitrogen and oxygen atoms in total. The standard InChI is InChI=1S/C24H28FN5O2S/c1-29-22(27-28-24(29)33-16-13-30-11-14-32-15-12-30)9-10-26-23(31)20-4-2-3-19(17-20)18-5-7-21(25)8-6-18/h2-8,17H,9-16H2,1H3,(H,26,31). The summed E-state index contributed by atoms with van der Waals surface area (Å²) in [5, 5.41) is 12.4. The number of hydrogen-bond donors (Lipinski definition) is 1. The van der Waals surface area contributed by atoms with Gasteiger partial charge in [-0.05, 0) is 35.4 Å². The minimum Gasteiger partial charge on any atom is -0.379 e. The summed E-state index contributed by atoms with van der Waals surface area (Å²) in [7, 11) is 1.96. The molecule has 1 amide bonds. The van der Waals surface area contributed by atoms with Gasteiger partial charge in [-0.25, -0.2) is 4.39 Å². The van der Waals surface area contributed by atoms with Crippen molar-refractivity contribution in [2.24, 2.45) is 7.05 Å². The highest BCUT2D eigenvalue weighted by Gasteiger charge is 2.13. The number of carbonyl (C=O) groups excluding carboxylic acids is 1. The van der Waals surface area contributed by atoms with E-state index in [0.29, 0.717) is 18.5 Å². The molecule has 1 N–H and O–H groups in total. The summed E-state index contributed by atoms with van der Waals surface area (Å²) in [4.78, 5) is 15.0. The number of carbonyl (C=O) groups is 1. The summed E-state index contributed by atoms with van der Waals surface area (Å²) in [5.41, 5.74) is 2.30. The summed E-state index contributed by atoms with van der Waals surface area (Å²) < 4.78 is 20.5. The van der Waals surface area contributed by atoms with Crippen LogP contribution in [0.25, 0.3) is 11.1 Å². The number of hydrogen-bond acceptors (Lipinski definition) is 6. The van der Waals surface area contributed by atoms with Crippen molar-refractivity contribution in [3.63, 3.8) is 0 Å². The van der Waals surface area contributed by atoms with Gasteiger partial charge in [0.1, 0.15) is 11.6 Å². The molecule has 1 aromatic heterocycles. The van der Waals surface area contributed by atoms with E-state index >= 15 is 0 Å². The van der Waals surface area contributed by atoms with E-state index in [2.05, 4.69) is 20.4 Å². The van der Waals surface area contributed by atoms with Crippen LogP contribution in [0.3, 0.4) is 0 Å². The Bertz CT molecular complexity index is 1070. The number of nitrogens with one attached hydrogen (secondary N) is 1. The first-order chi connectivity index (χ1) is 16.1. The molecular formula is C24H28FN5O2S. The van der Waals surface area contributed by atoms with Crippen LogP contribution in [0.2, 0.25) is 0 Å². The first-order valence-electron chi connectivity index (χ1n) is 11.1. The van der Waals surface area contributed by atoms with Crippen molar-refractivity contribution in [1.29, 1.82) is 0 Å². The lowest BCUT2D eigenvalue weighted by Gasteiger charge is -2.26. The fourth-order valence-corrected chi connectivity index (χ4v) is 4.58. The maximum Gasteiger partial charge on any atom is 0.251 e. The van der Waals surface area contributed by atoms with E-state index in [0.717, 1.165) is 60.7 Å². The molecule has 0 radical (unpaired) electrons. The molecular weight excluding hydrogens is 441 g/mol. The third-order valence-electron chi connectivity index (χ3n) is 5.60. The molecule has 1 saturated heterocycles. The molecule has 0 saturated carbocycles. The second-order valence-corrected chi connectivity index (χ2v) is 8.92. The number of amides is 1. The first kappa shape index (κ1) is 23.4. The first-order valence-corrected chi connectivity index (χ1v) is 12.0. The van der Waals surface area contributed by atoms with Crippen LogP contribution >= 0.6 is 11.8 Å². The van der Waals surface area contributed by atoms with Crippen molar-refractivity contribution in [3.8, 4) is 11.1 Å². The molecule has 1 aliphatic rings. The van der Waals surface area contributed by atoms with Crippen LogP contribution in [0.5, 0.6) is 0 Å². The van der Waals surface area contributed by atoms with E-state index in [4.69, 9.17) is 4.74 Å². The smallest absolute Gasteiger partial charge is 0.251 e. The Kier molecular flexibility index (Phi) is 8.09. The fourth-order valence-electron chi connectivity index (χ4n) is 3.65. The third-order valence-corrected chi connectivity index (χ3v) is 6.60. The van der Waals surface area contributed by atoms with Crippen LogP contribution < -0.4 is 5.32 Å². The zero-order valence-electron chi connectivity index (χ0n) is 18.7. The van der Waals surface area contributed by atoms with Crippen LogP contribution in [0.1, 0.15) is 16.2 Å². The highest BCUT2D eigenvalue weighted by Crippen LogP contribution is 2.21. The molecule has 0 bridgehead atoms. The van der Waals surface area contributed by atoms with Gasteiger partial charge < -0.3 is 14.6 Å². The molecule has 4 rings (SSSR count). The van der Waals surface area contributed by atoms with E-state index in [1.807, 2.05) is 29.8 Å². The van der Waals surface area contributed by atoms with Crippen LogP contribution in [0, 0.1) is 5.82 Å². The van der Waals surface area contributed by atoms with E-state index in [1.165, 1.54) is 12.1 Å². The van der Waals surface area contributed by atoms with Crippen molar-refractivity contribution in [2.75, 3.05) is 45.1 Å². The second kappa shape index (κ2) is 11.4. The molecule has 0 atom stereocenters. The average molecular weight is 470 g/mol. The number of morpholine rings is 1. The summed E-state index contributed by atoms with van der Waals surface area (Å²) in [6.07, 6.45) is 0.594. The lowest BCUT2D eigenvalue weighted by atomic mass is 10.0. The Balaban J connectivity index is 1.26. The summed E-state index contributed by atoms with van der Waals surface area (Å²) >= 11 is 1.69. The van der Waals surface area contributed by atoms with E-state index in [1.54, 1.807) is 30.0 Å². The van der Waals surface area contributed by atoms with Gasteiger partial charge in [0.15, 0.2) is 5.16 Å². The topological polar surface area (TPSA) is 72.3 Å². The van der Waals surface area contributed by atoms with Crippen LogP contribution in [0.4, 0.5) is 4.39 Å². The van der Waals surface area contributed by atoms with Gasteiger partial charge in [0, 0.05) is 51.0 Å². The van der Waals surface area contributed by atoms with Crippen molar-refractivity contribution in [1.82, 2.24) is 25.0 Å². The van der Waals surface area contributed by atoms with Gasteiger partial charge >= 0.3 is 0 Å². The highest BCUT2D eigenvalue weighted by molar-refractivity contribution is 7.99. The zero-order valence-corrected chi connectivity index (χ0v) is 19.5. The van der Waals surface area contributed by atoms with Gasteiger partial charge in [0.2, 0.25) is 0 Å². The largest absolute Gasteiger partial charge is 0.379 e. The van der Waals surface area contributed by atoms with Crippen LogP contribution in [-0.4, -0.2) is 70.7 Å². The minimum atomic E-state index is -0.282. The minimum absolute atomic E-state index is 0.152. The van der Waals surface area contributed by atoms with Gasteiger partial charge in [-0.2, -0.15) is 0 Å². The van der Waals surface area contributed by atoms with Gasteiger partial charge in [-0.15, -0.1) is 10.2 Å². The van der Waals surface area contributed by atoms with Gasteiger partial charge in [-0.3, -0.25) is 9.69 Å². The van der Waals surface area contributed by atoms with Gasteiger partial charge in [0.25, 0.3) is 5.91 Å². The Morgan fingerprint density at radius 3 is 2.70 bits per heavy atom. The highest BCUT2D eigenvalue weighted by atomic mass is 32.2. The van der Waals surface area contributed by atoms with Crippen molar-refractivity contribution < 1.29 is 13.9 Å².